The average molecular weight is 322 g/mol. The van der Waals surface area contributed by atoms with Gasteiger partial charge in [-0.25, -0.2) is 4.39 Å². The van der Waals surface area contributed by atoms with Crippen LogP contribution in [-0.2, 0) is 17.1 Å². The third-order valence-electron chi connectivity index (χ3n) is 3.37. The molecule has 1 aromatic carbocycles. The third kappa shape index (κ3) is 4.34. The number of carbonyl (C=O) groups is 1. The van der Waals surface area contributed by atoms with Crippen LogP contribution < -0.4 is 5.32 Å². The Morgan fingerprint density at radius 3 is 2.77 bits per heavy atom. The molecule has 1 heterocycles. The van der Waals surface area contributed by atoms with E-state index in [2.05, 4.69) is 10.5 Å². The zero-order valence-electron chi connectivity index (χ0n) is 12.9. The Bertz CT molecular complexity index is 651. The molecule has 2 rings (SSSR count). The highest BCUT2D eigenvalue weighted by Gasteiger charge is 2.10. The van der Waals surface area contributed by atoms with Crippen LogP contribution in [0.25, 0.3) is 0 Å². The van der Waals surface area contributed by atoms with Crippen molar-refractivity contribution in [3.8, 4) is 0 Å². The van der Waals surface area contributed by atoms with Crippen LogP contribution >= 0.6 is 11.8 Å². The van der Waals surface area contributed by atoms with Crippen LogP contribution in [0.3, 0.4) is 0 Å². The maximum absolute atomic E-state index is 13.2. The minimum Gasteiger partial charge on any atom is -0.361 e. The number of aromatic nitrogens is 1. The van der Waals surface area contributed by atoms with Gasteiger partial charge in [-0.05, 0) is 38.0 Å². The van der Waals surface area contributed by atoms with E-state index >= 15 is 0 Å². The number of nitrogens with zero attached hydrogens (tertiary/aromatic N) is 1. The van der Waals surface area contributed by atoms with E-state index in [1.165, 1.54) is 17.8 Å². The van der Waals surface area contributed by atoms with Crippen LogP contribution in [0.2, 0.25) is 0 Å². The van der Waals surface area contributed by atoms with Gasteiger partial charge in [0.25, 0.3) is 0 Å². The molecule has 0 aliphatic rings. The first-order chi connectivity index (χ1) is 10.5. The Hall–Kier alpha value is -1.82. The lowest BCUT2D eigenvalue weighted by molar-refractivity contribution is -0.118. The number of amides is 1. The van der Waals surface area contributed by atoms with Crippen molar-refractivity contribution in [1.29, 1.82) is 0 Å². The molecule has 0 bridgehead atoms. The van der Waals surface area contributed by atoms with Crippen molar-refractivity contribution < 1.29 is 13.7 Å². The molecule has 0 aliphatic heterocycles. The second-order valence-corrected chi connectivity index (χ2v) is 6.14. The number of rotatable bonds is 6. The topological polar surface area (TPSA) is 55.1 Å². The fraction of sp³-hybridized carbons (Fsp3) is 0.375. The average Bonchev–Trinajstić information content (AvgIpc) is 2.80. The fourth-order valence-electron chi connectivity index (χ4n) is 2.02. The van der Waals surface area contributed by atoms with Crippen LogP contribution in [0, 0.1) is 26.6 Å². The highest BCUT2D eigenvalue weighted by atomic mass is 32.2. The van der Waals surface area contributed by atoms with E-state index in [-0.39, 0.29) is 11.7 Å². The molecule has 0 unspecified atom stereocenters. The first kappa shape index (κ1) is 16.5. The van der Waals surface area contributed by atoms with E-state index in [1.54, 1.807) is 19.1 Å². The van der Waals surface area contributed by atoms with Crippen molar-refractivity contribution in [3.63, 3.8) is 0 Å². The van der Waals surface area contributed by atoms with Gasteiger partial charge < -0.3 is 9.84 Å². The molecule has 0 fully saturated rings. The van der Waals surface area contributed by atoms with Gasteiger partial charge in [-0.3, -0.25) is 4.79 Å². The summed E-state index contributed by atoms with van der Waals surface area (Å²) in [6.45, 7) is 5.88. The number of hydrogen-bond acceptors (Lipinski definition) is 4. The maximum Gasteiger partial charge on any atom is 0.230 e. The van der Waals surface area contributed by atoms with Gasteiger partial charge in [-0.15, -0.1) is 11.8 Å². The number of thioether (sulfide) groups is 1. The van der Waals surface area contributed by atoms with Crippen LogP contribution in [0.5, 0.6) is 0 Å². The lowest BCUT2D eigenvalue weighted by Crippen LogP contribution is -2.24. The molecule has 0 saturated heterocycles. The lowest BCUT2D eigenvalue weighted by atomic mass is 10.1. The Kier molecular flexibility index (Phi) is 5.60. The molecule has 0 atom stereocenters. The van der Waals surface area contributed by atoms with E-state index in [0.717, 1.165) is 22.6 Å². The Morgan fingerprint density at radius 2 is 2.14 bits per heavy atom. The minimum absolute atomic E-state index is 0.0428. The van der Waals surface area contributed by atoms with Gasteiger partial charge in [0, 0.05) is 17.9 Å². The molecule has 118 valence electrons. The molecular weight excluding hydrogens is 303 g/mol. The van der Waals surface area contributed by atoms with Crippen molar-refractivity contribution in [2.75, 3.05) is 5.75 Å². The summed E-state index contributed by atoms with van der Waals surface area (Å²) in [7, 11) is 0. The Morgan fingerprint density at radius 1 is 1.36 bits per heavy atom. The number of carbonyl (C=O) groups excluding carboxylic acids is 1. The van der Waals surface area contributed by atoms with Crippen molar-refractivity contribution in [3.05, 3.63) is 52.2 Å². The van der Waals surface area contributed by atoms with Crippen molar-refractivity contribution in [1.82, 2.24) is 10.5 Å². The summed E-state index contributed by atoms with van der Waals surface area (Å²) in [6.07, 6.45) is 0. The van der Waals surface area contributed by atoms with Crippen molar-refractivity contribution in [2.45, 2.75) is 33.1 Å². The van der Waals surface area contributed by atoms with Crippen LogP contribution in [0.4, 0.5) is 4.39 Å². The van der Waals surface area contributed by atoms with Gasteiger partial charge in [0.2, 0.25) is 5.91 Å². The summed E-state index contributed by atoms with van der Waals surface area (Å²) in [5.74, 6) is 1.59. The van der Waals surface area contributed by atoms with Crippen LogP contribution in [-0.4, -0.2) is 16.8 Å². The van der Waals surface area contributed by atoms with Crippen LogP contribution in [0.15, 0.2) is 22.7 Å². The third-order valence-corrected chi connectivity index (χ3v) is 4.33. The Labute approximate surface area is 133 Å². The second kappa shape index (κ2) is 7.45. The number of aryl methyl sites for hydroxylation is 3. The first-order valence-corrected chi connectivity index (χ1v) is 8.14. The predicted octanol–water partition coefficient (Wildman–Crippen LogP) is 3.29. The normalized spacial score (nSPS) is 10.7. The van der Waals surface area contributed by atoms with Gasteiger partial charge >= 0.3 is 0 Å². The van der Waals surface area contributed by atoms with Crippen molar-refractivity contribution in [2.24, 2.45) is 0 Å². The molecule has 0 saturated carbocycles. The molecule has 2 aromatic rings. The number of nitrogens with one attached hydrogen (secondary N) is 1. The highest BCUT2D eigenvalue weighted by Crippen LogP contribution is 2.19. The number of halogens is 1. The number of benzene rings is 1. The van der Waals surface area contributed by atoms with Crippen LogP contribution in [0.1, 0.15) is 28.1 Å². The quantitative estimate of drug-likeness (QED) is 0.887. The smallest absolute Gasteiger partial charge is 0.230 e. The van der Waals surface area contributed by atoms with Gasteiger partial charge in [0.15, 0.2) is 0 Å². The molecule has 4 nitrogen and oxygen atoms in total. The molecule has 1 amide bonds. The molecule has 0 radical (unpaired) electrons. The summed E-state index contributed by atoms with van der Waals surface area (Å²) < 4.78 is 18.2. The monoisotopic (exact) mass is 322 g/mol. The first-order valence-electron chi connectivity index (χ1n) is 6.98. The molecule has 22 heavy (non-hydrogen) atoms. The zero-order chi connectivity index (χ0) is 16.1. The predicted molar refractivity (Wildman–Crippen MR) is 85.1 cm³/mol. The standard InChI is InChI=1S/C16H19FN2O2S/c1-10-6-13(4-5-15(10)17)7-18-16(20)9-22-8-14-11(2)19-21-12(14)3/h4-6H,7-9H2,1-3H3,(H,18,20). The van der Waals surface area contributed by atoms with Gasteiger partial charge in [0.1, 0.15) is 11.6 Å². The molecule has 0 spiro atoms. The second-order valence-electron chi connectivity index (χ2n) is 5.16. The molecule has 1 aromatic heterocycles. The molecule has 6 heteroatoms. The summed E-state index contributed by atoms with van der Waals surface area (Å²) in [6, 6.07) is 4.84. The van der Waals surface area contributed by atoms with E-state index in [4.69, 9.17) is 4.52 Å². The summed E-state index contributed by atoms with van der Waals surface area (Å²) in [4.78, 5) is 11.8. The summed E-state index contributed by atoms with van der Waals surface area (Å²) in [5, 5.41) is 6.72. The maximum atomic E-state index is 13.2. The van der Waals surface area contributed by atoms with Gasteiger partial charge in [-0.1, -0.05) is 17.3 Å². The van der Waals surface area contributed by atoms with Gasteiger partial charge in [-0.2, -0.15) is 0 Å². The Balaban J connectivity index is 1.75. The largest absolute Gasteiger partial charge is 0.361 e. The lowest BCUT2D eigenvalue weighted by Gasteiger charge is -2.06. The number of hydrogen-bond donors (Lipinski definition) is 1. The summed E-state index contributed by atoms with van der Waals surface area (Å²) >= 11 is 1.52. The van der Waals surface area contributed by atoms with E-state index in [1.807, 2.05) is 13.8 Å². The minimum atomic E-state index is -0.231. The SMILES string of the molecule is Cc1cc(CNC(=O)CSCc2c(C)noc2C)ccc1F. The fourth-order valence-corrected chi connectivity index (χ4v) is 3.03. The summed E-state index contributed by atoms with van der Waals surface area (Å²) in [5.41, 5.74) is 3.39. The highest BCUT2D eigenvalue weighted by molar-refractivity contribution is 7.99. The molecular formula is C16H19FN2O2S. The van der Waals surface area contributed by atoms with Gasteiger partial charge in [0.05, 0.1) is 11.4 Å². The van der Waals surface area contributed by atoms with Crippen molar-refractivity contribution >= 4 is 17.7 Å². The molecule has 1 N–H and O–H groups in total. The molecule has 0 aliphatic carbocycles. The zero-order valence-corrected chi connectivity index (χ0v) is 13.7. The van der Waals surface area contributed by atoms with E-state index < -0.39 is 0 Å². The van der Waals surface area contributed by atoms with E-state index in [9.17, 15) is 9.18 Å². The van der Waals surface area contributed by atoms with E-state index in [0.29, 0.717) is 23.6 Å².